The van der Waals surface area contributed by atoms with E-state index in [4.69, 9.17) is 0 Å². The Kier molecular flexibility index (Phi) is 9.48. The summed E-state index contributed by atoms with van der Waals surface area (Å²) in [7, 11) is 0. The van der Waals surface area contributed by atoms with Crippen LogP contribution in [0.3, 0.4) is 0 Å². The second-order valence-electron chi connectivity index (χ2n) is 8.20. The van der Waals surface area contributed by atoms with Crippen LogP contribution in [-0.4, -0.2) is 45.4 Å². The first-order valence-electron chi connectivity index (χ1n) is 10.5. The van der Waals surface area contributed by atoms with Crippen molar-refractivity contribution in [2.45, 2.75) is 58.3 Å². The van der Waals surface area contributed by atoms with Crippen LogP contribution in [0.25, 0.3) is 0 Å². The Labute approximate surface area is 187 Å². The average molecular weight is 450 g/mol. The normalized spacial score (nSPS) is 12.3. The number of benzene rings is 1. The lowest BCUT2D eigenvalue weighted by Gasteiger charge is -2.22. The zero-order chi connectivity index (χ0) is 23.0. The molecule has 170 valence electrons. The molecule has 1 atom stereocenters. The Bertz CT molecular complexity index is 867. The molecule has 9 heteroatoms. The lowest BCUT2D eigenvalue weighted by Crippen LogP contribution is -2.49. The summed E-state index contributed by atoms with van der Waals surface area (Å²) >= 11 is 1.57. The first-order chi connectivity index (χ1) is 14.7. The van der Waals surface area contributed by atoms with E-state index >= 15 is 0 Å². The summed E-state index contributed by atoms with van der Waals surface area (Å²) in [6, 6.07) is 4.57. The number of aryl methyl sites for hydroxylation is 1. The molecule has 0 radical (unpaired) electrons. The summed E-state index contributed by atoms with van der Waals surface area (Å²) in [6.07, 6.45) is 3.40. The summed E-state index contributed by atoms with van der Waals surface area (Å²) in [4.78, 5) is 25.1. The topological polar surface area (TPSA) is 88.9 Å². The number of amides is 2. The van der Waals surface area contributed by atoms with Crippen LogP contribution in [0, 0.1) is 17.7 Å². The average Bonchev–Trinajstić information content (AvgIpc) is 3.10. The lowest BCUT2D eigenvalue weighted by molar-refractivity contribution is -0.123. The van der Waals surface area contributed by atoms with Crippen molar-refractivity contribution in [2.75, 3.05) is 12.8 Å². The van der Waals surface area contributed by atoms with Gasteiger partial charge < -0.3 is 15.2 Å². The smallest absolute Gasteiger partial charge is 0.251 e. The van der Waals surface area contributed by atoms with Gasteiger partial charge in [-0.3, -0.25) is 9.59 Å². The number of rotatable bonds is 11. The predicted molar refractivity (Wildman–Crippen MR) is 120 cm³/mol. The molecule has 2 amide bonds. The minimum absolute atomic E-state index is 0.0947. The number of nitrogens with one attached hydrogen (secondary N) is 2. The van der Waals surface area contributed by atoms with Crippen molar-refractivity contribution >= 4 is 23.6 Å². The van der Waals surface area contributed by atoms with Gasteiger partial charge in [0.25, 0.3) is 5.91 Å². The Balaban J connectivity index is 1.89. The van der Waals surface area contributed by atoms with Gasteiger partial charge in [0.1, 0.15) is 17.7 Å². The summed E-state index contributed by atoms with van der Waals surface area (Å²) in [6.45, 7) is 9.37. The van der Waals surface area contributed by atoms with Crippen LogP contribution in [0.1, 0.15) is 50.3 Å². The standard InChI is InChI=1S/C22H32FN5O2S/c1-14(2)13-28-18(26-27-22(28)31-5)7-6-12-24-21(30)19(15(3)4)25-20(29)16-8-10-17(23)11-9-16/h8-11,14-15,19H,6-7,12-13H2,1-5H3,(H,24,30)(H,25,29). The van der Waals surface area contributed by atoms with E-state index in [-0.39, 0.29) is 11.8 Å². The van der Waals surface area contributed by atoms with E-state index in [1.807, 2.05) is 20.1 Å². The monoisotopic (exact) mass is 449 g/mol. The summed E-state index contributed by atoms with van der Waals surface area (Å²) < 4.78 is 15.2. The van der Waals surface area contributed by atoms with Crippen molar-refractivity contribution in [3.05, 3.63) is 41.5 Å². The second kappa shape index (κ2) is 11.8. The number of hydrogen-bond donors (Lipinski definition) is 2. The van der Waals surface area contributed by atoms with Crippen LogP contribution in [0.5, 0.6) is 0 Å². The maximum atomic E-state index is 13.1. The van der Waals surface area contributed by atoms with Crippen molar-refractivity contribution in [3.63, 3.8) is 0 Å². The van der Waals surface area contributed by atoms with Gasteiger partial charge >= 0.3 is 0 Å². The van der Waals surface area contributed by atoms with Gasteiger partial charge in [-0.25, -0.2) is 4.39 Å². The van der Waals surface area contributed by atoms with Gasteiger partial charge in [0.05, 0.1) is 0 Å². The number of carbonyl (C=O) groups excluding carboxylic acids is 2. The predicted octanol–water partition coefficient (Wildman–Crippen LogP) is 3.30. The summed E-state index contributed by atoms with van der Waals surface area (Å²) in [5.41, 5.74) is 0.314. The maximum Gasteiger partial charge on any atom is 0.251 e. The van der Waals surface area contributed by atoms with Gasteiger partial charge in [0.15, 0.2) is 5.16 Å². The fourth-order valence-corrected chi connectivity index (χ4v) is 3.66. The van der Waals surface area contributed by atoms with Crippen molar-refractivity contribution in [1.82, 2.24) is 25.4 Å². The molecule has 31 heavy (non-hydrogen) atoms. The first kappa shape index (κ1) is 24.8. The van der Waals surface area contributed by atoms with Gasteiger partial charge in [-0.1, -0.05) is 39.5 Å². The van der Waals surface area contributed by atoms with Crippen molar-refractivity contribution in [1.29, 1.82) is 0 Å². The quantitative estimate of drug-likeness (QED) is 0.406. The molecule has 1 aromatic carbocycles. The molecule has 7 nitrogen and oxygen atoms in total. The highest BCUT2D eigenvalue weighted by molar-refractivity contribution is 7.98. The highest BCUT2D eigenvalue weighted by atomic mass is 32.2. The Morgan fingerprint density at radius 3 is 2.39 bits per heavy atom. The first-order valence-corrected chi connectivity index (χ1v) is 11.8. The molecule has 1 heterocycles. The summed E-state index contributed by atoms with van der Waals surface area (Å²) in [5, 5.41) is 15.1. The number of carbonyl (C=O) groups is 2. The largest absolute Gasteiger partial charge is 0.354 e. The molecule has 0 fully saturated rings. The molecule has 0 saturated carbocycles. The SMILES string of the molecule is CSc1nnc(CCCNC(=O)C(NC(=O)c2ccc(F)cc2)C(C)C)n1CC(C)C. The molecule has 0 aliphatic rings. The van der Waals surface area contributed by atoms with Gasteiger partial charge in [0.2, 0.25) is 5.91 Å². The van der Waals surface area contributed by atoms with E-state index < -0.39 is 17.8 Å². The number of hydrogen-bond acceptors (Lipinski definition) is 5. The Morgan fingerprint density at radius 2 is 1.81 bits per heavy atom. The number of thioether (sulfide) groups is 1. The fraction of sp³-hybridized carbons (Fsp3) is 0.545. The van der Waals surface area contributed by atoms with E-state index in [1.165, 1.54) is 24.3 Å². The van der Waals surface area contributed by atoms with Gasteiger partial charge in [0, 0.05) is 25.1 Å². The highest BCUT2D eigenvalue weighted by Crippen LogP contribution is 2.16. The van der Waals surface area contributed by atoms with Gasteiger partial charge in [-0.05, 0) is 48.8 Å². The molecular formula is C22H32FN5O2S. The van der Waals surface area contributed by atoms with Crippen LogP contribution < -0.4 is 10.6 Å². The molecule has 1 unspecified atom stereocenters. The third-order valence-electron chi connectivity index (χ3n) is 4.74. The Hall–Kier alpha value is -2.42. The number of halogens is 1. The van der Waals surface area contributed by atoms with Crippen molar-refractivity contribution < 1.29 is 14.0 Å². The lowest BCUT2D eigenvalue weighted by atomic mass is 10.0. The van der Waals surface area contributed by atoms with Crippen LogP contribution in [0.4, 0.5) is 4.39 Å². The van der Waals surface area contributed by atoms with E-state index in [2.05, 4.69) is 39.2 Å². The second-order valence-corrected chi connectivity index (χ2v) is 8.98. The minimum atomic E-state index is -0.676. The zero-order valence-electron chi connectivity index (χ0n) is 18.8. The molecule has 0 aliphatic carbocycles. The van der Waals surface area contributed by atoms with Crippen molar-refractivity contribution in [3.8, 4) is 0 Å². The maximum absolute atomic E-state index is 13.1. The molecule has 2 aromatic rings. The van der Waals surface area contributed by atoms with E-state index in [9.17, 15) is 14.0 Å². The molecule has 1 aromatic heterocycles. The molecule has 0 spiro atoms. The van der Waals surface area contributed by atoms with Crippen molar-refractivity contribution in [2.24, 2.45) is 11.8 Å². The summed E-state index contributed by atoms with van der Waals surface area (Å²) in [5.74, 6) is 0.250. The zero-order valence-corrected chi connectivity index (χ0v) is 19.6. The van der Waals surface area contributed by atoms with Gasteiger partial charge in [-0.2, -0.15) is 0 Å². The van der Waals surface area contributed by atoms with Gasteiger partial charge in [-0.15, -0.1) is 10.2 Å². The molecular weight excluding hydrogens is 417 g/mol. The van der Waals surface area contributed by atoms with E-state index in [0.717, 1.165) is 17.5 Å². The fourth-order valence-electron chi connectivity index (χ4n) is 3.13. The van der Waals surface area contributed by atoms with Crippen LogP contribution in [0.15, 0.2) is 29.4 Å². The molecule has 0 saturated heterocycles. The molecule has 0 aliphatic heterocycles. The van der Waals surface area contributed by atoms with E-state index in [0.29, 0.717) is 30.9 Å². The number of aromatic nitrogens is 3. The minimum Gasteiger partial charge on any atom is -0.354 e. The van der Waals surface area contributed by atoms with Crippen LogP contribution in [-0.2, 0) is 17.8 Å². The molecule has 0 bridgehead atoms. The molecule has 2 N–H and O–H groups in total. The Morgan fingerprint density at radius 1 is 1.13 bits per heavy atom. The van der Waals surface area contributed by atoms with Crippen LogP contribution in [0.2, 0.25) is 0 Å². The highest BCUT2D eigenvalue weighted by Gasteiger charge is 2.24. The molecule has 2 rings (SSSR count). The third kappa shape index (κ3) is 7.34. The van der Waals surface area contributed by atoms with E-state index in [1.54, 1.807) is 11.8 Å². The van der Waals surface area contributed by atoms with Crippen LogP contribution >= 0.6 is 11.8 Å². The third-order valence-corrected chi connectivity index (χ3v) is 5.41. The number of nitrogens with zero attached hydrogens (tertiary/aromatic N) is 3.